The maximum absolute atomic E-state index is 14.1. The first kappa shape index (κ1) is 26.7. The number of aryl methyl sites for hydroxylation is 2. The largest absolute Gasteiger partial charge is 0.475 e. The van der Waals surface area contributed by atoms with E-state index in [0.717, 1.165) is 36.0 Å². The quantitative estimate of drug-likeness (QED) is 0.436. The molecular weight excluding hydrogens is 524 g/mol. The lowest BCUT2D eigenvalue weighted by atomic mass is 9.75. The van der Waals surface area contributed by atoms with Gasteiger partial charge in [0, 0.05) is 23.2 Å². The van der Waals surface area contributed by atoms with Crippen LogP contribution in [0.15, 0.2) is 53.4 Å². The summed E-state index contributed by atoms with van der Waals surface area (Å²) >= 11 is 0. The van der Waals surface area contributed by atoms with Crippen molar-refractivity contribution >= 4 is 21.9 Å². The van der Waals surface area contributed by atoms with E-state index >= 15 is 0 Å². The van der Waals surface area contributed by atoms with Gasteiger partial charge in [-0.2, -0.15) is 4.98 Å². The van der Waals surface area contributed by atoms with Gasteiger partial charge in [0.2, 0.25) is 11.8 Å². The topological polar surface area (TPSA) is 101 Å². The number of amides is 1. The number of rotatable bonds is 4. The normalized spacial score (nSPS) is 21.5. The molecule has 6 rings (SSSR count). The van der Waals surface area contributed by atoms with E-state index in [1.807, 2.05) is 36.9 Å². The van der Waals surface area contributed by atoms with Crippen LogP contribution in [-0.2, 0) is 10.0 Å². The van der Waals surface area contributed by atoms with Crippen LogP contribution >= 0.6 is 0 Å². The Morgan fingerprint density at radius 3 is 2.42 bits per heavy atom. The van der Waals surface area contributed by atoms with Gasteiger partial charge in [-0.05, 0) is 86.6 Å². The number of nitrogens with one attached hydrogen (secondary N) is 1. The molecule has 2 aliphatic carbocycles. The lowest BCUT2D eigenvalue weighted by Gasteiger charge is -2.47. The van der Waals surface area contributed by atoms with Gasteiger partial charge in [-0.3, -0.25) is 4.79 Å². The molecule has 2 heterocycles. The molecule has 8 nitrogen and oxygen atoms in total. The van der Waals surface area contributed by atoms with Crippen LogP contribution in [0, 0.1) is 25.2 Å². The number of hydrogen-bond acceptors (Lipinski definition) is 6. The average Bonchev–Trinajstić information content (AvgIpc) is 3.67. The van der Waals surface area contributed by atoms with Crippen LogP contribution < -0.4 is 9.46 Å². The SMILES string of the molecule is Cc1cccc(C)c1-c1cc2nc(n1)NS(=O)(=O)c1cccc(c1)C(=O)N(C1CC3(CC3)C1)[C@@H](CC(C)C)CO2. The summed E-state index contributed by atoms with van der Waals surface area (Å²) in [4.78, 5) is 25.1. The Bertz CT molecular complexity index is 1550. The van der Waals surface area contributed by atoms with Crippen LogP contribution in [0.2, 0.25) is 0 Å². The van der Waals surface area contributed by atoms with E-state index in [2.05, 4.69) is 28.5 Å². The van der Waals surface area contributed by atoms with Crippen LogP contribution in [0.5, 0.6) is 5.88 Å². The third kappa shape index (κ3) is 5.07. The highest BCUT2D eigenvalue weighted by Crippen LogP contribution is 2.62. The molecule has 1 N–H and O–H groups in total. The summed E-state index contributed by atoms with van der Waals surface area (Å²) in [6.45, 7) is 8.53. The van der Waals surface area contributed by atoms with Gasteiger partial charge in [-0.25, -0.2) is 18.1 Å². The summed E-state index contributed by atoms with van der Waals surface area (Å²) in [6, 6.07) is 13.9. The Balaban J connectivity index is 1.48. The fourth-order valence-electron chi connectivity index (χ4n) is 6.35. The van der Waals surface area contributed by atoms with Crippen molar-refractivity contribution < 1.29 is 17.9 Å². The molecular formula is C31H36N4O4S. The summed E-state index contributed by atoms with van der Waals surface area (Å²) in [6.07, 6.45) is 5.18. The van der Waals surface area contributed by atoms with Gasteiger partial charge < -0.3 is 9.64 Å². The predicted octanol–water partition coefficient (Wildman–Crippen LogP) is 5.75. The van der Waals surface area contributed by atoms with E-state index in [1.165, 1.54) is 25.0 Å². The van der Waals surface area contributed by atoms with E-state index in [-0.39, 0.29) is 41.3 Å². The first-order valence-corrected chi connectivity index (χ1v) is 15.6. The zero-order valence-corrected chi connectivity index (χ0v) is 24.3. The lowest BCUT2D eigenvalue weighted by molar-refractivity contribution is 0.00919. The number of ether oxygens (including phenoxy) is 1. The van der Waals surface area contributed by atoms with Gasteiger partial charge in [0.1, 0.15) is 6.61 Å². The van der Waals surface area contributed by atoms with E-state index in [1.54, 1.807) is 18.2 Å². The molecule has 1 aromatic heterocycles. The second-order valence-corrected chi connectivity index (χ2v) is 13.9. The molecule has 2 fully saturated rings. The summed E-state index contributed by atoms with van der Waals surface area (Å²) in [5.41, 5.74) is 4.25. The van der Waals surface area contributed by atoms with Gasteiger partial charge in [-0.15, -0.1) is 0 Å². The monoisotopic (exact) mass is 560 g/mol. The smallest absolute Gasteiger partial charge is 0.264 e. The minimum Gasteiger partial charge on any atom is -0.475 e. The van der Waals surface area contributed by atoms with Crippen molar-refractivity contribution in [3.8, 4) is 17.1 Å². The fraction of sp³-hybridized carbons (Fsp3) is 0.452. The van der Waals surface area contributed by atoms with Crippen LogP contribution in [0.1, 0.15) is 67.4 Å². The molecule has 9 heteroatoms. The summed E-state index contributed by atoms with van der Waals surface area (Å²) in [5, 5.41) is 0. The van der Waals surface area contributed by atoms with Gasteiger partial charge in [0.25, 0.3) is 15.9 Å². The maximum Gasteiger partial charge on any atom is 0.264 e. The number of benzene rings is 2. The maximum atomic E-state index is 14.1. The summed E-state index contributed by atoms with van der Waals surface area (Å²) < 4.78 is 35.8. The Labute approximate surface area is 236 Å². The number of carbonyl (C=O) groups is 1. The van der Waals surface area contributed by atoms with E-state index in [0.29, 0.717) is 22.6 Å². The molecule has 3 aromatic rings. The predicted molar refractivity (Wildman–Crippen MR) is 154 cm³/mol. The van der Waals surface area contributed by atoms with Crippen LogP contribution in [-0.4, -0.2) is 47.9 Å². The van der Waals surface area contributed by atoms with Crippen molar-refractivity contribution in [3.05, 3.63) is 65.2 Å². The van der Waals surface area contributed by atoms with Crippen LogP contribution in [0.4, 0.5) is 5.95 Å². The van der Waals surface area contributed by atoms with Crippen molar-refractivity contribution in [1.29, 1.82) is 0 Å². The third-order valence-electron chi connectivity index (χ3n) is 8.54. The number of sulfonamides is 1. The Kier molecular flexibility index (Phi) is 6.60. The van der Waals surface area contributed by atoms with Gasteiger partial charge in [0.15, 0.2) is 0 Å². The number of aromatic nitrogens is 2. The van der Waals surface area contributed by atoms with E-state index in [9.17, 15) is 13.2 Å². The average molecular weight is 561 g/mol. The molecule has 2 saturated carbocycles. The van der Waals surface area contributed by atoms with Crippen molar-refractivity contribution in [3.63, 3.8) is 0 Å². The van der Waals surface area contributed by atoms with Crippen molar-refractivity contribution in [2.24, 2.45) is 11.3 Å². The summed E-state index contributed by atoms with van der Waals surface area (Å²) in [7, 11) is -4.07. The van der Waals surface area contributed by atoms with Gasteiger partial charge >= 0.3 is 0 Å². The molecule has 4 bridgehead atoms. The Morgan fingerprint density at radius 2 is 1.75 bits per heavy atom. The molecule has 1 amide bonds. The van der Waals surface area contributed by atoms with Crippen molar-refractivity contribution in [2.75, 3.05) is 11.3 Å². The number of carbonyl (C=O) groups excluding carboxylic acids is 1. The van der Waals surface area contributed by atoms with Crippen molar-refractivity contribution in [2.45, 2.75) is 76.8 Å². The molecule has 1 atom stereocenters. The molecule has 0 radical (unpaired) electrons. The minimum atomic E-state index is -4.07. The Hall–Kier alpha value is -3.46. The molecule has 210 valence electrons. The van der Waals surface area contributed by atoms with Gasteiger partial charge in [0.05, 0.1) is 16.6 Å². The second-order valence-electron chi connectivity index (χ2n) is 12.2. The number of nitrogens with zero attached hydrogens (tertiary/aromatic N) is 3. The molecule has 0 saturated heterocycles. The Morgan fingerprint density at radius 1 is 1.05 bits per heavy atom. The zero-order valence-electron chi connectivity index (χ0n) is 23.5. The van der Waals surface area contributed by atoms with Crippen LogP contribution in [0.25, 0.3) is 11.3 Å². The fourth-order valence-corrected chi connectivity index (χ4v) is 7.34. The minimum absolute atomic E-state index is 0.00577. The first-order valence-electron chi connectivity index (χ1n) is 14.1. The second kappa shape index (κ2) is 9.87. The molecule has 0 unspecified atom stereocenters. The number of anilines is 1. The molecule has 1 aliphatic heterocycles. The molecule has 2 aromatic carbocycles. The van der Waals surface area contributed by atoms with Crippen LogP contribution in [0.3, 0.4) is 0 Å². The van der Waals surface area contributed by atoms with Gasteiger partial charge in [-0.1, -0.05) is 38.1 Å². The number of hydrogen-bond donors (Lipinski definition) is 1. The molecule has 1 spiro atoms. The highest BCUT2D eigenvalue weighted by Gasteiger charge is 2.56. The summed E-state index contributed by atoms with van der Waals surface area (Å²) in [5.74, 6) is 0.372. The molecule has 3 aliphatic rings. The van der Waals surface area contributed by atoms with E-state index < -0.39 is 10.0 Å². The first-order chi connectivity index (χ1) is 19.0. The zero-order chi connectivity index (χ0) is 28.2. The molecule has 40 heavy (non-hydrogen) atoms. The third-order valence-corrected chi connectivity index (χ3v) is 9.87. The highest BCUT2D eigenvalue weighted by molar-refractivity contribution is 7.92. The standard InChI is InChI=1S/C31H36N4O4S/c1-19(2)13-23-18-39-27-15-26(28-20(3)7-5-8-21(28)4)32-30(33-27)34-40(37,38)25-10-6-9-22(14-25)29(36)35(23)24-16-31(17-24)11-12-31/h5-10,14-15,19,23-24H,11-13,16-18H2,1-4H3,(H,32,33,34)/t23-/m0/s1. The number of fused-ring (bicyclic) bond motifs is 4. The highest BCUT2D eigenvalue weighted by atomic mass is 32.2. The van der Waals surface area contributed by atoms with Crippen molar-refractivity contribution in [1.82, 2.24) is 14.9 Å². The lowest BCUT2D eigenvalue weighted by Crippen LogP contribution is -2.55. The van der Waals surface area contributed by atoms with E-state index in [4.69, 9.17) is 4.74 Å².